The third-order valence-electron chi connectivity index (χ3n) is 2.62. The Hall–Kier alpha value is -1.65. The number of nitrogen functional groups attached to an aromatic ring is 1. The second kappa shape index (κ2) is 5.99. The molecular weight excluding hydrogens is 269 g/mol. The summed E-state index contributed by atoms with van der Waals surface area (Å²) in [6.45, 7) is 3.42. The summed E-state index contributed by atoms with van der Waals surface area (Å²) in [6, 6.07) is 5.20. The Balaban J connectivity index is 3.28. The van der Waals surface area contributed by atoms with Crippen molar-refractivity contribution in [2.75, 3.05) is 12.3 Å². The summed E-state index contributed by atoms with van der Waals surface area (Å²) in [7, 11) is -3.91. The van der Waals surface area contributed by atoms with Gasteiger partial charge in [0, 0.05) is 19.0 Å². The fraction of sp³-hybridized carbons (Fsp3) is 0.417. The number of sulfonamides is 1. The van der Waals surface area contributed by atoms with Crippen LogP contribution < -0.4 is 5.73 Å². The third-order valence-corrected chi connectivity index (χ3v) is 4.75. The van der Waals surface area contributed by atoms with Crippen LogP contribution in [-0.2, 0) is 10.0 Å². The molecule has 0 aromatic heterocycles. The Morgan fingerprint density at radius 2 is 2.11 bits per heavy atom. The van der Waals surface area contributed by atoms with E-state index in [2.05, 4.69) is 0 Å². The number of nitrogens with zero attached hydrogens (tertiary/aromatic N) is 2. The molecule has 0 spiro atoms. The summed E-state index contributed by atoms with van der Waals surface area (Å²) in [5.41, 5.74) is 5.09. The Kier molecular flexibility index (Phi) is 4.86. The van der Waals surface area contributed by atoms with Crippen LogP contribution in [0.25, 0.3) is 0 Å². The van der Waals surface area contributed by atoms with Gasteiger partial charge in [-0.05, 0) is 26.0 Å². The molecule has 5 nitrogen and oxygen atoms in total. The lowest BCUT2D eigenvalue weighted by molar-refractivity contribution is 0.360. The van der Waals surface area contributed by atoms with Gasteiger partial charge in [-0.25, -0.2) is 12.8 Å². The molecule has 0 heterocycles. The van der Waals surface area contributed by atoms with Crippen molar-refractivity contribution in [3.8, 4) is 6.07 Å². The molecule has 0 unspecified atom stereocenters. The maximum absolute atomic E-state index is 13.4. The van der Waals surface area contributed by atoms with Gasteiger partial charge < -0.3 is 5.73 Å². The Bertz CT molecular complexity index is 593. The molecule has 0 saturated heterocycles. The Morgan fingerprint density at radius 3 is 2.63 bits per heavy atom. The molecular formula is C12H16FN3O2S. The average molecular weight is 285 g/mol. The molecule has 0 bridgehead atoms. The first kappa shape index (κ1) is 15.4. The molecule has 0 radical (unpaired) electrons. The summed E-state index contributed by atoms with van der Waals surface area (Å²) in [5.74, 6) is -0.773. The Labute approximate surface area is 112 Å². The summed E-state index contributed by atoms with van der Waals surface area (Å²) in [6.07, 6.45) is 0.0621. The maximum Gasteiger partial charge on any atom is 0.245 e. The van der Waals surface area contributed by atoms with E-state index in [0.29, 0.717) is 0 Å². The fourth-order valence-corrected chi connectivity index (χ4v) is 3.45. The molecule has 0 saturated carbocycles. The van der Waals surface area contributed by atoms with E-state index >= 15 is 0 Å². The molecule has 0 amide bonds. The lowest BCUT2D eigenvalue weighted by atomic mass is 10.3. The minimum absolute atomic E-state index is 0.0481. The fourth-order valence-electron chi connectivity index (χ4n) is 1.68. The zero-order valence-electron chi connectivity index (χ0n) is 10.8. The SMILES string of the molecule is CC(C)N(CCC#N)S(=O)(=O)c1cccc(F)c1N. The van der Waals surface area contributed by atoms with E-state index in [1.54, 1.807) is 13.8 Å². The Morgan fingerprint density at radius 1 is 1.47 bits per heavy atom. The van der Waals surface area contributed by atoms with Crippen molar-refractivity contribution in [2.24, 2.45) is 0 Å². The van der Waals surface area contributed by atoms with Crippen molar-refractivity contribution >= 4 is 15.7 Å². The van der Waals surface area contributed by atoms with Gasteiger partial charge in [0.1, 0.15) is 10.7 Å². The predicted octanol–water partition coefficient (Wildman–Crippen LogP) is 1.72. The number of para-hydroxylation sites is 1. The molecule has 0 aliphatic carbocycles. The van der Waals surface area contributed by atoms with Crippen LogP contribution >= 0.6 is 0 Å². The van der Waals surface area contributed by atoms with Crippen LogP contribution in [0.4, 0.5) is 10.1 Å². The molecule has 2 N–H and O–H groups in total. The second-order valence-electron chi connectivity index (χ2n) is 4.27. The number of nitriles is 1. The van der Waals surface area contributed by atoms with Gasteiger partial charge in [-0.1, -0.05) is 6.07 Å². The van der Waals surface area contributed by atoms with Gasteiger partial charge in [0.15, 0.2) is 0 Å². The second-order valence-corrected chi connectivity index (χ2v) is 6.13. The normalized spacial score (nSPS) is 11.8. The first-order valence-electron chi connectivity index (χ1n) is 5.75. The van der Waals surface area contributed by atoms with Crippen LogP contribution in [-0.4, -0.2) is 25.3 Å². The van der Waals surface area contributed by atoms with Crippen molar-refractivity contribution in [2.45, 2.75) is 31.2 Å². The molecule has 0 aliphatic heterocycles. The van der Waals surface area contributed by atoms with Crippen molar-refractivity contribution in [3.05, 3.63) is 24.0 Å². The van der Waals surface area contributed by atoms with Gasteiger partial charge in [0.2, 0.25) is 10.0 Å². The van der Waals surface area contributed by atoms with E-state index in [0.717, 1.165) is 10.4 Å². The highest BCUT2D eigenvalue weighted by molar-refractivity contribution is 7.89. The van der Waals surface area contributed by atoms with Gasteiger partial charge in [0.25, 0.3) is 0 Å². The number of hydrogen-bond acceptors (Lipinski definition) is 4. The van der Waals surface area contributed by atoms with Crippen molar-refractivity contribution in [1.29, 1.82) is 5.26 Å². The highest BCUT2D eigenvalue weighted by Gasteiger charge is 2.29. The van der Waals surface area contributed by atoms with Crippen molar-refractivity contribution < 1.29 is 12.8 Å². The number of rotatable bonds is 5. The molecule has 0 atom stereocenters. The summed E-state index contributed by atoms with van der Waals surface area (Å²) in [4.78, 5) is -0.265. The molecule has 1 aromatic carbocycles. The first-order valence-corrected chi connectivity index (χ1v) is 7.19. The first-order chi connectivity index (χ1) is 8.82. The standard InChI is InChI=1S/C12H16FN3O2S/c1-9(2)16(8-4-7-14)19(17,18)11-6-3-5-10(13)12(11)15/h3,5-6,9H,4,8,15H2,1-2H3. The minimum Gasteiger partial charge on any atom is -0.395 e. The van der Waals surface area contributed by atoms with E-state index in [9.17, 15) is 12.8 Å². The summed E-state index contributed by atoms with van der Waals surface area (Å²) in [5, 5.41) is 8.58. The largest absolute Gasteiger partial charge is 0.395 e. The maximum atomic E-state index is 13.4. The van der Waals surface area contributed by atoms with Crippen LogP contribution in [0.2, 0.25) is 0 Å². The highest BCUT2D eigenvalue weighted by Crippen LogP contribution is 2.25. The quantitative estimate of drug-likeness (QED) is 0.834. The number of hydrogen-bond donors (Lipinski definition) is 1. The molecule has 1 rings (SSSR count). The van der Waals surface area contributed by atoms with Gasteiger partial charge in [-0.3, -0.25) is 0 Å². The van der Waals surface area contributed by atoms with Crippen molar-refractivity contribution in [3.63, 3.8) is 0 Å². The predicted molar refractivity (Wildman–Crippen MR) is 70.1 cm³/mol. The van der Waals surface area contributed by atoms with E-state index in [-0.39, 0.29) is 23.9 Å². The zero-order chi connectivity index (χ0) is 14.6. The lowest BCUT2D eigenvalue weighted by Crippen LogP contribution is -2.38. The van der Waals surface area contributed by atoms with E-state index in [1.165, 1.54) is 12.1 Å². The smallest absolute Gasteiger partial charge is 0.245 e. The topological polar surface area (TPSA) is 87.2 Å². The van der Waals surface area contributed by atoms with Gasteiger partial charge >= 0.3 is 0 Å². The highest BCUT2D eigenvalue weighted by atomic mass is 32.2. The average Bonchev–Trinajstić information content (AvgIpc) is 2.32. The van der Waals surface area contributed by atoms with Gasteiger partial charge in [-0.2, -0.15) is 9.57 Å². The minimum atomic E-state index is -3.91. The number of nitrogens with two attached hydrogens (primary N) is 1. The monoisotopic (exact) mass is 285 g/mol. The van der Waals surface area contributed by atoms with Crippen LogP contribution in [0.1, 0.15) is 20.3 Å². The van der Waals surface area contributed by atoms with E-state index in [4.69, 9.17) is 11.0 Å². The molecule has 7 heteroatoms. The molecule has 0 aliphatic rings. The third kappa shape index (κ3) is 3.22. The molecule has 1 aromatic rings. The van der Waals surface area contributed by atoms with Crippen LogP contribution in [0.3, 0.4) is 0 Å². The number of anilines is 1. The van der Waals surface area contributed by atoms with E-state index in [1.807, 2.05) is 6.07 Å². The van der Waals surface area contributed by atoms with E-state index < -0.39 is 21.5 Å². The van der Waals surface area contributed by atoms with Gasteiger partial charge in [0.05, 0.1) is 11.8 Å². The molecule has 19 heavy (non-hydrogen) atoms. The van der Waals surface area contributed by atoms with Gasteiger partial charge in [-0.15, -0.1) is 0 Å². The summed E-state index contributed by atoms with van der Waals surface area (Å²) < 4.78 is 39.4. The lowest BCUT2D eigenvalue weighted by Gasteiger charge is -2.25. The summed E-state index contributed by atoms with van der Waals surface area (Å²) >= 11 is 0. The zero-order valence-corrected chi connectivity index (χ0v) is 11.6. The molecule has 104 valence electrons. The number of halogens is 1. The molecule has 0 fully saturated rings. The number of benzene rings is 1. The van der Waals surface area contributed by atoms with Crippen LogP contribution in [0, 0.1) is 17.1 Å². The van der Waals surface area contributed by atoms with Crippen LogP contribution in [0.15, 0.2) is 23.1 Å². The van der Waals surface area contributed by atoms with Crippen molar-refractivity contribution in [1.82, 2.24) is 4.31 Å². The van der Waals surface area contributed by atoms with Crippen LogP contribution in [0.5, 0.6) is 0 Å².